The first-order valence-corrected chi connectivity index (χ1v) is 7.99. The van der Waals surface area contributed by atoms with E-state index in [0.29, 0.717) is 29.8 Å². The topological polar surface area (TPSA) is 41.1 Å². The lowest BCUT2D eigenvalue weighted by Gasteiger charge is -2.36. The highest BCUT2D eigenvalue weighted by Gasteiger charge is 2.30. The van der Waals surface area contributed by atoms with Gasteiger partial charge in [-0.25, -0.2) is 0 Å². The van der Waals surface area contributed by atoms with Crippen molar-refractivity contribution < 1.29 is 4.79 Å². The molecule has 3 heteroatoms. The van der Waals surface area contributed by atoms with Gasteiger partial charge in [0, 0.05) is 18.5 Å². The Morgan fingerprint density at radius 3 is 2.79 bits per heavy atom. The van der Waals surface area contributed by atoms with E-state index in [4.69, 9.17) is 0 Å². The quantitative estimate of drug-likeness (QED) is 0.824. The fourth-order valence-corrected chi connectivity index (χ4v) is 3.69. The van der Waals surface area contributed by atoms with E-state index in [1.54, 1.807) is 0 Å². The number of hydrogen-bond acceptors (Lipinski definition) is 2. The van der Waals surface area contributed by atoms with Crippen LogP contribution in [0.2, 0.25) is 0 Å². The summed E-state index contributed by atoms with van der Waals surface area (Å²) in [6, 6.07) is 0.778. The molecule has 0 aromatic carbocycles. The predicted octanol–water partition coefficient (Wildman–Crippen LogP) is 2.85. The van der Waals surface area contributed by atoms with Crippen LogP contribution in [-0.2, 0) is 4.79 Å². The molecule has 0 aromatic heterocycles. The zero-order valence-electron chi connectivity index (χ0n) is 12.8. The van der Waals surface area contributed by atoms with Gasteiger partial charge in [0.1, 0.15) is 0 Å². The van der Waals surface area contributed by atoms with Gasteiger partial charge in [-0.15, -0.1) is 0 Å². The van der Waals surface area contributed by atoms with Gasteiger partial charge in [0.25, 0.3) is 0 Å². The van der Waals surface area contributed by atoms with Gasteiger partial charge in [-0.3, -0.25) is 4.79 Å². The van der Waals surface area contributed by atoms with E-state index in [1.165, 1.54) is 25.7 Å². The summed E-state index contributed by atoms with van der Waals surface area (Å²) in [6.45, 7) is 7.96. The van der Waals surface area contributed by atoms with Gasteiger partial charge < -0.3 is 10.6 Å². The van der Waals surface area contributed by atoms with Crippen molar-refractivity contribution in [1.29, 1.82) is 0 Å². The summed E-state index contributed by atoms with van der Waals surface area (Å²) in [7, 11) is 0. The van der Waals surface area contributed by atoms with Gasteiger partial charge in [0.05, 0.1) is 0 Å². The summed E-state index contributed by atoms with van der Waals surface area (Å²) in [4.78, 5) is 12.2. The lowest BCUT2D eigenvalue weighted by Crippen LogP contribution is -2.46. The molecule has 1 heterocycles. The Kier molecular flexibility index (Phi) is 4.88. The minimum absolute atomic E-state index is 0.244. The van der Waals surface area contributed by atoms with Gasteiger partial charge >= 0.3 is 0 Å². The van der Waals surface area contributed by atoms with Crippen molar-refractivity contribution in [1.82, 2.24) is 10.6 Å². The molecular weight excluding hydrogens is 236 g/mol. The van der Waals surface area contributed by atoms with Crippen LogP contribution in [-0.4, -0.2) is 24.5 Å². The van der Waals surface area contributed by atoms with E-state index in [2.05, 4.69) is 31.4 Å². The first-order valence-electron chi connectivity index (χ1n) is 7.99. The second kappa shape index (κ2) is 6.25. The van der Waals surface area contributed by atoms with E-state index >= 15 is 0 Å². The maximum absolute atomic E-state index is 12.2. The number of amides is 1. The van der Waals surface area contributed by atoms with Crippen LogP contribution >= 0.6 is 0 Å². The second-order valence-electron chi connectivity index (χ2n) is 7.41. The molecule has 110 valence electrons. The van der Waals surface area contributed by atoms with Gasteiger partial charge in [-0.05, 0) is 50.0 Å². The van der Waals surface area contributed by atoms with E-state index in [0.717, 1.165) is 19.4 Å². The SMILES string of the molecule is CC1CCCNC1CC(=O)NC1CCCC(C)(C)C1. The molecule has 1 saturated carbocycles. The summed E-state index contributed by atoms with van der Waals surface area (Å²) >= 11 is 0. The van der Waals surface area contributed by atoms with Crippen LogP contribution in [0.5, 0.6) is 0 Å². The maximum Gasteiger partial charge on any atom is 0.221 e. The monoisotopic (exact) mass is 266 g/mol. The highest BCUT2D eigenvalue weighted by molar-refractivity contribution is 5.77. The minimum Gasteiger partial charge on any atom is -0.353 e. The average molecular weight is 266 g/mol. The van der Waals surface area contributed by atoms with Crippen molar-refractivity contribution in [3.05, 3.63) is 0 Å². The molecule has 1 amide bonds. The summed E-state index contributed by atoms with van der Waals surface area (Å²) in [5.74, 6) is 0.872. The van der Waals surface area contributed by atoms with E-state index in [1.807, 2.05) is 0 Å². The van der Waals surface area contributed by atoms with Gasteiger partial charge in [0.15, 0.2) is 0 Å². The van der Waals surface area contributed by atoms with E-state index in [9.17, 15) is 4.79 Å². The summed E-state index contributed by atoms with van der Waals surface area (Å²) < 4.78 is 0. The molecule has 1 aliphatic heterocycles. The molecule has 3 nitrogen and oxygen atoms in total. The number of piperidine rings is 1. The van der Waals surface area contributed by atoms with Crippen molar-refractivity contribution in [2.24, 2.45) is 11.3 Å². The zero-order valence-corrected chi connectivity index (χ0v) is 12.8. The van der Waals surface area contributed by atoms with Gasteiger partial charge in [-0.1, -0.05) is 27.2 Å². The normalized spacial score (nSPS) is 34.8. The van der Waals surface area contributed by atoms with Crippen LogP contribution in [0.3, 0.4) is 0 Å². The molecule has 2 aliphatic rings. The van der Waals surface area contributed by atoms with E-state index in [-0.39, 0.29) is 5.91 Å². The summed E-state index contributed by atoms with van der Waals surface area (Å²) in [5, 5.41) is 6.76. The first-order chi connectivity index (χ1) is 8.96. The third-order valence-corrected chi connectivity index (χ3v) is 4.91. The van der Waals surface area contributed by atoms with Crippen molar-refractivity contribution in [3.8, 4) is 0 Å². The molecule has 2 N–H and O–H groups in total. The molecule has 0 aromatic rings. The Hall–Kier alpha value is -0.570. The van der Waals surface area contributed by atoms with Crippen LogP contribution in [0.1, 0.15) is 65.7 Å². The van der Waals surface area contributed by atoms with Crippen LogP contribution in [0.4, 0.5) is 0 Å². The van der Waals surface area contributed by atoms with Crippen LogP contribution in [0, 0.1) is 11.3 Å². The third-order valence-electron chi connectivity index (χ3n) is 4.91. The third kappa shape index (κ3) is 4.48. The highest BCUT2D eigenvalue weighted by atomic mass is 16.1. The zero-order chi connectivity index (χ0) is 13.9. The molecular formula is C16H30N2O. The molecule has 2 rings (SSSR count). The summed E-state index contributed by atoms with van der Waals surface area (Å²) in [6.07, 6.45) is 7.97. The van der Waals surface area contributed by atoms with E-state index < -0.39 is 0 Å². The molecule has 0 spiro atoms. The molecule has 3 atom stereocenters. The number of hydrogen-bond donors (Lipinski definition) is 2. The Morgan fingerprint density at radius 1 is 1.32 bits per heavy atom. The van der Waals surface area contributed by atoms with Gasteiger partial charge in [-0.2, -0.15) is 0 Å². The van der Waals surface area contributed by atoms with Crippen LogP contribution < -0.4 is 10.6 Å². The molecule has 1 saturated heterocycles. The average Bonchev–Trinajstić information content (AvgIpc) is 2.30. The Balaban J connectivity index is 1.77. The Labute approximate surface area is 117 Å². The van der Waals surface area contributed by atoms with Crippen molar-refractivity contribution in [2.45, 2.75) is 77.8 Å². The number of carbonyl (C=O) groups is 1. The van der Waals surface area contributed by atoms with Crippen molar-refractivity contribution in [3.63, 3.8) is 0 Å². The number of carbonyl (C=O) groups excluding carboxylic acids is 1. The standard InChI is InChI=1S/C16H30N2O/c1-12-6-5-9-17-14(12)10-15(19)18-13-7-4-8-16(2,3)11-13/h12-14,17H,4-11H2,1-3H3,(H,18,19). The fourth-order valence-electron chi connectivity index (χ4n) is 3.69. The lowest BCUT2D eigenvalue weighted by atomic mass is 9.75. The smallest absolute Gasteiger partial charge is 0.221 e. The first kappa shape index (κ1) is 14.8. The molecule has 2 fully saturated rings. The van der Waals surface area contributed by atoms with Crippen molar-refractivity contribution in [2.75, 3.05) is 6.54 Å². The highest BCUT2D eigenvalue weighted by Crippen LogP contribution is 2.35. The van der Waals surface area contributed by atoms with Gasteiger partial charge in [0.2, 0.25) is 5.91 Å². The summed E-state index contributed by atoms with van der Waals surface area (Å²) in [5.41, 5.74) is 0.395. The molecule has 0 radical (unpaired) electrons. The Bertz CT molecular complexity index is 314. The molecule has 1 aliphatic carbocycles. The predicted molar refractivity (Wildman–Crippen MR) is 79.0 cm³/mol. The fraction of sp³-hybridized carbons (Fsp3) is 0.938. The lowest BCUT2D eigenvalue weighted by molar-refractivity contribution is -0.123. The van der Waals surface area contributed by atoms with Crippen LogP contribution in [0.25, 0.3) is 0 Å². The van der Waals surface area contributed by atoms with Crippen LogP contribution in [0.15, 0.2) is 0 Å². The number of nitrogens with one attached hydrogen (secondary N) is 2. The second-order valence-corrected chi connectivity index (χ2v) is 7.41. The minimum atomic E-state index is 0.244. The maximum atomic E-state index is 12.2. The Morgan fingerprint density at radius 2 is 2.11 bits per heavy atom. The molecule has 19 heavy (non-hydrogen) atoms. The molecule has 0 bridgehead atoms. The number of rotatable bonds is 3. The molecule has 3 unspecified atom stereocenters. The largest absolute Gasteiger partial charge is 0.353 e. The van der Waals surface area contributed by atoms with Crippen molar-refractivity contribution >= 4 is 5.91 Å².